The third-order valence-electron chi connectivity index (χ3n) is 7.04. The number of halogens is 1. The summed E-state index contributed by atoms with van der Waals surface area (Å²) in [6.45, 7) is 0.372. The maximum atomic E-state index is 13.9. The summed E-state index contributed by atoms with van der Waals surface area (Å²) in [6.07, 6.45) is 3.75. The highest BCUT2D eigenvalue weighted by molar-refractivity contribution is 7.89. The van der Waals surface area contributed by atoms with Crippen molar-refractivity contribution < 1.29 is 22.4 Å². The number of sulfonamides is 1. The second-order valence-corrected chi connectivity index (χ2v) is 12.4. The molecule has 1 aliphatic carbocycles. The molecule has 1 aromatic heterocycles. The van der Waals surface area contributed by atoms with E-state index in [-0.39, 0.29) is 42.3 Å². The van der Waals surface area contributed by atoms with Crippen molar-refractivity contribution in [3.63, 3.8) is 0 Å². The first-order valence-corrected chi connectivity index (χ1v) is 15.6. The Morgan fingerprint density at radius 2 is 1.60 bits per heavy atom. The van der Waals surface area contributed by atoms with Crippen molar-refractivity contribution in [2.24, 2.45) is 0 Å². The standard InChI is InChI=1S/C32H32ClN3O5S/c33-26-13-8-24(9-14-26)22-36(31(25-5-2-1-3-6-25)32(38)34-21-28-7-4-20-41-28)30(37)19-12-23-10-17-29(18-11-23)42(39,40)35-27-15-16-27/h1-11,13-14,17-18,20,27,31,35H,12,15-16,19,21-22H2,(H,34,38)/t31-/m1/s1. The van der Waals surface area contributed by atoms with Gasteiger partial charge in [-0.05, 0) is 72.4 Å². The summed E-state index contributed by atoms with van der Waals surface area (Å²) in [5, 5.41) is 3.49. The average Bonchev–Trinajstić information content (AvgIpc) is 3.64. The Morgan fingerprint density at radius 1 is 0.905 bits per heavy atom. The predicted octanol–water partition coefficient (Wildman–Crippen LogP) is 5.39. The molecule has 0 bridgehead atoms. The summed E-state index contributed by atoms with van der Waals surface area (Å²) in [5.74, 6) is 0.0419. The van der Waals surface area contributed by atoms with E-state index in [1.807, 2.05) is 42.5 Å². The fraction of sp³-hybridized carbons (Fsp3) is 0.250. The summed E-state index contributed by atoms with van der Waals surface area (Å²) >= 11 is 6.10. The number of amides is 2. The number of aryl methyl sites for hydroxylation is 1. The maximum absolute atomic E-state index is 13.9. The first-order chi connectivity index (χ1) is 20.3. The van der Waals surface area contributed by atoms with Crippen molar-refractivity contribution >= 4 is 33.4 Å². The zero-order valence-corrected chi connectivity index (χ0v) is 24.5. The van der Waals surface area contributed by atoms with E-state index in [2.05, 4.69) is 10.0 Å². The molecule has 2 N–H and O–H groups in total. The molecule has 1 heterocycles. The third-order valence-corrected chi connectivity index (χ3v) is 8.83. The topological polar surface area (TPSA) is 109 Å². The molecule has 5 rings (SSSR count). The van der Waals surface area contributed by atoms with Gasteiger partial charge in [0.1, 0.15) is 11.8 Å². The number of nitrogens with zero attached hydrogens (tertiary/aromatic N) is 1. The molecule has 0 aliphatic heterocycles. The van der Waals surface area contributed by atoms with Gasteiger partial charge in [-0.1, -0.05) is 66.2 Å². The fourth-order valence-electron chi connectivity index (χ4n) is 4.62. The van der Waals surface area contributed by atoms with Crippen molar-refractivity contribution in [2.75, 3.05) is 0 Å². The fourth-order valence-corrected chi connectivity index (χ4v) is 6.05. The van der Waals surface area contributed by atoms with Gasteiger partial charge in [-0.3, -0.25) is 9.59 Å². The lowest BCUT2D eigenvalue weighted by atomic mass is 10.0. The molecule has 8 nitrogen and oxygen atoms in total. The van der Waals surface area contributed by atoms with Gasteiger partial charge >= 0.3 is 0 Å². The first kappa shape index (κ1) is 29.6. The van der Waals surface area contributed by atoms with Crippen LogP contribution in [0.3, 0.4) is 0 Å². The molecule has 218 valence electrons. The molecule has 0 radical (unpaired) electrons. The van der Waals surface area contributed by atoms with Crippen LogP contribution in [-0.2, 0) is 39.1 Å². The molecule has 0 spiro atoms. The zero-order valence-electron chi connectivity index (χ0n) is 22.9. The number of rotatable bonds is 13. The van der Waals surface area contributed by atoms with Crippen LogP contribution in [0.4, 0.5) is 0 Å². The van der Waals surface area contributed by atoms with Gasteiger partial charge in [0, 0.05) is 24.0 Å². The Morgan fingerprint density at radius 3 is 2.24 bits per heavy atom. The van der Waals surface area contributed by atoms with E-state index in [1.54, 1.807) is 53.4 Å². The third kappa shape index (κ3) is 7.88. The van der Waals surface area contributed by atoms with Gasteiger partial charge in [0.05, 0.1) is 17.7 Å². The molecule has 3 aromatic carbocycles. The quantitative estimate of drug-likeness (QED) is 0.212. The minimum absolute atomic E-state index is 0.0211. The lowest BCUT2D eigenvalue weighted by Gasteiger charge is -2.32. The van der Waals surface area contributed by atoms with Crippen LogP contribution >= 0.6 is 11.6 Å². The first-order valence-electron chi connectivity index (χ1n) is 13.8. The molecule has 1 fully saturated rings. The second kappa shape index (κ2) is 13.4. The lowest BCUT2D eigenvalue weighted by Crippen LogP contribution is -2.43. The summed E-state index contributed by atoms with van der Waals surface area (Å²) < 4.78 is 33.1. The molecule has 42 heavy (non-hydrogen) atoms. The summed E-state index contributed by atoms with van der Waals surface area (Å²) in [5.41, 5.74) is 2.32. The van der Waals surface area contributed by atoms with Crippen molar-refractivity contribution in [3.8, 4) is 0 Å². The number of furan rings is 1. The smallest absolute Gasteiger partial charge is 0.247 e. The summed E-state index contributed by atoms with van der Waals surface area (Å²) in [6, 6.07) is 25.6. The Hall–Kier alpha value is -3.92. The van der Waals surface area contributed by atoms with Crippen molar-refractivity contribution in [3.05, 3.63) is 125 Å². The van der Waals surface area contributed by atoms with Crippen LogP contribution in [0.15, 0.2) is 107 Å². The van der Waals surface area contributed by atoms with Gasteiger partial charge in [-0.2, -0.15) is 0 Å². The number of benzene rings is 3. The minimum atomic E-state index is -3.56. The Labute approximate surface area is 250 Å². The Bertz CT molecular complexity index is 1590. The monoisotopic (exact) mass is 605 g/mol. The van der Waals surface area contributed by atoms with E-state index in [4.69, 9.17) is 16.0 Å². The predicted molar refractivity (Wildman–Crippen MR) is 160 cm³/mol. The Balaban J connectivity index is 1.36. The van der Waals surface area contributed by atoms with Gasteiger partial charge in [0.25, 0.3) is 0 Å². The van der Waals surface area contributed by atoms with Crippen molar-refractivity contribution in [2.45, 2.75) is 55.8 Å². The molecule has 10 heteroatoms. The zero-order chi connectivity index (χ0) is 29.5. The SMILES string of the molecule is O=C(NCc1ccco1)[C@@H](c1ccccc1)N(Cc1ccc(Cl)cc1)C(=O)CCc1ccc(S(=O)(=O)NC2CC2)cc1. The number of carbonyl (C=O) groups excluding carboxylic acids is 2. The molecular weight excluding hydrogens is 574 g/mol. The van der Waals surface area contributed by atoms with Gasteiger partial charge in [0.2, 0.25) is 21.8 Å². The van der Waals surface area contributed by atoms with Crippen LogP contribution in [0.5, 0.6) is 0 Å². The highest BCUT2D eigenvalue weighted by Crippen LogP contribution is 2.26. The van der Waals surface area contributed by atoms with E-state index in [9.17, 15) is 18.0 Å². The van der Waals surface area contributed by atoms with Crippen molar-refractivity contribution in [1.29, 1.82) is 0 Å². The van der Waals surface area contributed by atoms with Crippen LogP contribution in [0.1, 0.15) is 47.8 Å². The van der Waals surface area contributed by atoms with Crippen LogP contribution in [0.25, 0.3) is 0 Å². The van der Waals surface area contributed by atoms with E-state index in [0.29, 0.717) is 22.8 Å². The van der Waals surface area contributed by atoms with Crippen LogP contribution in [0.2, 0.25) is 5.02 Å². The van der Waals surface area contributed by atoms with Gasteiger partial charge in [-0.15, -0.1) is 0 Å². The van der Waals surface area contributed by atoms with E-state index < -0.39 is 16.1 Å². The van der Waals surface area contributed by atoms with Crippen LogP contribution in [0, 0.1) is 0 Å². The van der Waals surface area contributed by atoms with Gasteiger partial charge in [0.15, 0.2) is 0 Å². The molecular formula is C32H32ClN3O5S. The van der Waals surface area contributed by atoms with Crippen LogP contribution < -0.4 is 10.0 Å². The minimum Gasteiger partial charge on any atom is -0.467 e. The Kier molecular flexibility index (Phi) is 9.41. The van der Waals surface area contributed by atoms with Gasteiger partial charge < -0.3 is 14.6 Å². The molecule has 1 saturated carbocycles. The normalized spacial score (nSPS) is 13.8. The summed E-state index contributed by atoms with van der Waals surface area (Å²) in [4.78, 5) is 29.4. The molecule has 0 saturated heterocycles. The van der Waals surface area contributed by atoms with Crippen molar-refractivity contribution in [1.82, 2.24) is 14.9 Å². The summed E-state index contributed by atoms with van der Waals surface area (Å²) in [7, 11) is -3.56. The second-order valence-electron chi connectivity index (χ2n) is 10.3. The average molecular weight is 606 g/mol. The number of hydrogen-bond donors (Lipinski definition) is 2. The highest BCUT2D eigenvalue weighted by atomic mass is 35.5. The highest BCUT2D eigenvalue weighted by Gasteiger charge is 2.32. The molecule has 1 aliphatic rings. The molecule has 0 unspecified atom stereocenters. The number of nitrogens with one attached hydrogen (secondary N) is 2. The van der Waals surface area contributed by atoms with Gasteiger partial charge in [-0.25, -0.2) is 13.1 Å². The maximum Gasteiger partial charge on any atom is 0.247 e. The molecule has 4 aromatic rings. The largest absolute Gasteiger partial charge is 0.467 e. The van der Waals surface area contributed by atoms with E-state index >= 15 is 0 Å². The molecule has 1 atom stereocenters. The lowest BCUT2D eigenvalue weighted by molar-refractivity contribution is -0.141. The number of carbonyl (C=O) groups is 2. The molecule has 2 amide bonds. The van der Waals surface area contributed by atoms with Crippen LogP contribution in [-0.4, -0.2) is 31.2 Å². The van der Waals surface area contributed by atoms with E-state index in [0.717, 1.165) is 24.0 Å². The van der Waals surface area contributed by atoms with E-state index in [1.165, 1.54) is 6.26 Å². The number of hydrogen-bond acceptors (Lipinski definition) is 5.